The summed E-state index contributed by atoms with van der Waals surface area (Å²) in [5, 5.41) is 2.94. The van der Waals surface area contributed by atoms with Crippen LogP contribution in [-0.2, 0) is 17.8 Å². The number of carbonyl (C=O) groups excluding carboxylic acids is 1. The monoisotopic (exact) mass is 306 g/mol. The highest BCUT2D eigenvalue weighted by Gasteiger charge is 2.16. The van der Waals surface area contributed by atoms with Gasteiger partial charge < -0.3 is 5.32 Å². The molecule has 3 aromatic rings. The van der Waals surface area contributed by atoms with Crippen molar-refractivity contribution < 1.29 is 9.36 Å². The number of amides is 1. The summed E-state index contributed by atoms with van der Waals surface area (Å²) in [7, 11) is 0. The van der Waals surface area contributed by atoms with Crippen molar-refractivity contribution in [3.63, 3.8) is 0 Å². The zero-order chi connectivity index (χ0) is 16.2. The smallest absolute Gasteiger partial charge is 0.266 e. The van der Waals surface area contributed by atoms with Gasteiger partial charge in [-0.25, -0.2) is 9.13 Å². The summed E-state index contributed by atoms with van der Waals surface area (Å²) in [6.07, 6.45) is 4.61. The molecule has 1 aromatic heterocycles. The van der Waals surface area contributed by atoms with Gasteiger partial charge in [0.25, 0.3) is 5.91 Å². The summed E-state index contributed by atoms with van der Waals surface area (Å²) in [5.41, 5.74) is 4.11. The quantitative estimate of drug-likeness (QED) is 0.722. The highest BCUT2D eigenvalue weighted by molar-refractivity contribution is 5.90. The molecule has 4 nitrogen and oxygen atoms in total. The van der Waals surface area contributed by atoms with Gasteiger partial charge in [0.1, 0.15) is 0 Å². The summed E-state index contributed by atoms with van der Waals surface area (Å²) < 4.78 is 3.84. The van der Waals surface area contributed by atoms with Gasteiger partial charge in [-0.1, -0.05) is 37.8 Å². The standard InChI is InChI=1S/C19H19N3O/c1-3-15-9-11-16(12-10-15)20-19(23)13-22-14-21(4-2)17-7-5-6-8-18(17)22/h4-12,14H,2-3,13H2,1H3/p+1. The molecule has 0 saturated heterocycles. The molecule has 0 radical (unpaired) electrons. The number of hydrogen-bond donors (Lipinski definition) is 1. The normalized spacial score (nSPS) is 10.7. The molecular weight excluding hydrogens is 286 g/mol. The molecule has 4 heteroatoms. The molecule has 0 aliphatic rings. The Morgan fingerprint density at radius 1 is 1.22 bits per heavy atom. The van der Waals surface area contributed by atoms with E-state index in [4.69, 9.17) is 0 Å². The minimum absolute atomic E-state index is 0.0498. The van der Waals surface area contributed by atoms with E-state index in [0.29, 0.717) is 0 Å². The van der Waals surface area contributed by atoms with Crippen molar-refractivity contribution in [3.8, 4) is 0 Å². The van der Waals surface area contributed by atoms with Crippen LogP contribution in [0.25, 0.3) is 17.2 Å². The molecule has 2 aromatic carbocycles. The zero-order valence-electron chi connectivity index (χ0n) is 13.2. The highest BCUT2D eigenvalue weighted by Crippen LogP contribution is 2.12. The van der Waals surface area contributed by atoms with Crippen molar-refractivity contribution in [1.29, 1.82) is 0 Å². The van der Waals surface area contributed by atoms with E-state index in [-0.39, 0.29) is 12.5 Å². The van der Waals surface area contributed by atoms with E-state index in [1.807, 2.05) is 64.0 Å². The van der Waals surface area contributed by atoms with Gasteiger partial charge in [-0.2, -0.15) is 0 Å². The predicted molar refractivity (Wildman–Crippen MR) is 93.0 cm³/mol. The fraction of sp³-hybridized carbons (Fsp3) is 0.158. The summed E-state index contributed by atoms with van der Waals surface area (Å²) in [4.78, 5) is 12.3. The first-order chi connectivity index (χ1) is 11.2. The first kappa shape index (κ1) is 15.0. The number of carbonyl (C=O) groups is 1. The molecule has 0 spiro atoms. The van der Waals surface area contributed by atoms with E-state index < -0.39 is 0 Å². The molecule has 1 amide bonds. The molecule has 23 heavy (non-hydrogen) atoms. The Morgan fingerprint density at radius 3 is 2.65 bits per heavy atom. The van der Waals surface area contributed by atoms with Crippen molar-refractivity contribution in [2.24, 2.45) is 0 Å². The number of rotatable bonds is 5. The van der Waals surface area contributed by atoms with E-state index in [1.54, 1.807) is 6.20 Å². The van der Waals surface area contributed by atoms with Crippen molar-refractivity contribution in [3.05, 3.63) is 67.0 Å². The van der Waals surface area contributed by atoms with Crippen LogP contribution in [0.3, 0.4) is 0 Å². The number of benzene rings is 2. The Bertz CT molecular complexity index is 847. The van der Waals surface area contributed by atoms with Crippen LogP contribution in [0.15, 0.2) is 61.4 Å². The van der Waals surface area contributed by atoms with E-state index >= 15 is 0 Å². The molecule has 0 unspecified atom stereocenters. The minimum Gasteiger partial charge on any atom is -0.323 e. The van der Waals surface area contributed by atoms with Gasteiger partial charge in [-0.05, 0) is 36.2 Å². The lowest BCUT2D eigenvalue weighted by Gasteiger charge is -2.05. The van der Waals surface area contributed by atoms with Crippen LogP contribution < -0.4 is 9.88 Å². The second kappa shape index (κ2) is 6.48. The second-order valence-electron chi connectivity index (χ2n) is 5.42. The van der Waals surface area contributed by atoms with Crippen LogP contribution in [0.5, 0.6) is 0 Å². The number of anilines is 1. The highest BCUT2D eigenvalue weighted by atomic mass is 16.1. The lowest BCUT2D eigenvalue weighted by molar-refractivity contribution is -0.658. The molecular formula is C19H20N3O+. The van der Waals surface area contributed by atoms with E-state index in [9.17, 15) is 4.79 Å². The number of para-hydroxylation sites is 2. The third-order valence-electron chi connectivity index (χ3n) is 3.89. The third-order valence-corrected chi connectivity index (χ3v) is 3.89. The average molecular weight is 306 g/mol. The Labute approximate surface area is 135 Å². The SMILES string of the molecule is C=Cn1c[n+](CC(=O)Nc2ccc(CC)cc2)c2ccccc21. The topological polar surface area (TPSA) is 37.9 Å². The maximum atomic E-state index is 12.3. The molecule has 0 aliphatic heterocycles. The number of aromatic nitrogens is 2. The maximum absolute atomic E-state index is 12.3. The van der Waals surface area contributed by atoms with Crippen LogP contribution in [0, 0.1) is 0 Å². The molecule has 0 aliphatic carbocycles. The summed E-state index contributed by atoms with van der Waals surface area (Å²) >= 11 is 0. The van der Waals surface area contributed by atoms with Gasteiger partial charge >= 0.3 is 0 Å². The van der Waals surface area contributed by atoms with Gasteiger partial charge in [0.2, 0.25) is 6.33 Å². The molecule has 3 rings (SSSR count). The van der Waals surface area contributed by atoms with Crippen LogP contribution in [0.1, 0.15) is 12.5 Å². The molecule has 1 heterocycles. The van der Waals surface area contributed by atoms with Gasteiger partial charge in [0.05, 0.1) is 6.20 Å². The third kappa shape index (κ3) is 3.16. The van der Waals surface area contributed by atoms with Crippen molar-refractivity contribution in [2.75, 3.05) is 5.32 Å². The summed E-state index contributed by atoms with van der Waals surface area (Å²) in [6, 6.07) is 15.9. The van der Waals surface area contributed by atoms with E-state index in [0.717, 1.165) is 23.1 Å². The molecule has 1 N–H and O–H groups in total. The number of fused-ring (bicyclic) bond motifs is 1. The number of imidazole rings is 1. The summed E-state index contributed by atoms with van der Waals surface area (Å²) in [5.74, 6) is -0.0498. The number of nitrogens with one attached hydrogen (secondary N) is 1. The maximum Gasteiger partial charge on any atom is 0.266 e. The molecule has 0 atom stereocenters. The number of hydrogen-bond acceptors (Lipinski definition) is 1. The van der Waals surface area contributed by atoms with E-state index in [1.165, 1.54) is 5.56 Å². The van der Waals surface area contributed by atoms with Gasteiger partial charge in [-0.15, -0.1) is 0 Å². The average Bonchev–Trinajstić information content (AvgIpc) is 2.93. The Morgan fingerprint density at radius 2 is 1.96 bits per heavy atom. The van der Waals surface area contributed by atoms with Crippen molar-refractivity contribution >= 4 is 28.8 Å². The van der Waals surface area contributed by atoms with Crippen LogP contribution in [0.4, 0.5) is 5.69 Å². The molecule has 116 valence electrons. The summed E-state index contributed by atoms with van der Waals surface area (Å²) in [6.45, 7) is 6.18. The molecule has 0 saturated carbocycles. The first-order valence-electron chi connectivity index (χ1n) is 7.71. The van der Waals surface area contributed by atoms with Gasteiger partial charge in [0, 0.05) is 5.69 Å². The Balaban J connectivity index is 1.78. The number of aryl methyl sites for hydroxylation is 1. The Hall–Kier alpha value is -2.88. The van der Waals surface area contributed by atoms with Gasteiger partial charge in [-0.3, -0.25) is 4.79 Å². The van der Waals surface area contributed by atoms with Gasteiger partial charge in [0.15, 0.2) is 17.6 Å². The fourth-order valence-corrected chi connectivity index (χ4v) is 2.65. The van der Waals surface area contributed by atoms with Crippen LogP contribution in [0.2, 0.25) is 0 Å². The second-order valence-corrected chi connectivity index (χ2v) is 5.42. The zero-order valence-corrected chi connectivity index (χ0v) is 13.2. The number of nitrogens with zero attached hydrogens (tertiary/aromatic N) is 2. The van der Waals surface area contributed by atoms with Crippen molar-refractivity contribution in [2.45, 2.75) is 19.9 Å². The van der Waals surface area contributed by atoms with Crippen LogP contribution >= 0.6 is 0 Å². The largest absolute Gasteiger partial charge is 0.323 e. The Kier molecular flexibility index (Phi) is 4.24. The fourth-order valence-electron chi connectivity index (χ4n) is 2.65. The van der Waals surface area contributed by atoms with Crippen molar-refractivity contribution in [1.82, 2.24) is 4.57 Å². The molecule has 0 fully saturated rings. The first-order valence-corrected chi connectivity index (χ1v) is 7.71. The van der Waals surface area contributed by atoms with Crippen LogP contribution in [-0.4, -0.2) is 10.5 Å². The predicted octanol–water partition coefficient (Wildman–Crippen LogP) is 3.23. The minimum atomic E-state index is -0.0498. The lowest BCUT2D eigenvalue weighted by Crippen LogP contribution is -2.39. The lowest BCUT2D eigenvalue weighted by atomic mass is 10.1. The van der Waals surface area contributed by atoms with E-state index in [2.05, 4.69) is 18.8 Å². The molecule has 0 bridgehead atoms.